The van der Waals surface area contributed by atoms with E-state index in [0.29, 0.717) is 6.10 Å². The molecule has 2 nitrogen and oxygen atoms in total. The van der Waals surface area contributed by atoms with Crippen LogP contribution >= 0.6 is 0 Å². The van der Waals surface area contributed by atoms with Crippen molar-refractivity contribution in [3.63, 3.8) is 0 Å². The van der Waals surface area contributed by atoms with Gasteiger partial charge in [-0.3, -0.25) is 0 Å². The van der Waals surface area contributed by atoms with Gasteiger partial charge in [-0.2, -0.15) is 0 Å². The minimum atomic E-state index is 0.248. The first-order valence-electron chi connectivity index (χ1n) is 6.58. The van der Waals surface area contributed by atoms with Crippen LogP contribution in [-0.2, 0) is 4.74 Å². The lowest BCUT2D eigenvalue weighted by molar-refractivity contribution is 0.0154. The number of rotatable bonds is 6. The molecule has 1 fully saturated rings. The molecule has 0 amide bonds. The number of ether oxygens (including phenoxy) is 1. The highest BCUT2D eigenvalue weighted by Gasteiger charge is 2.27. The highest BCUT2D eigenvalue weighted by atomic mass is 16.5. The van der Waals surface area contributed by atoms with E-state index in [9.17, 15) is 0 Å². The van der Waals surface area contributed by atoms with E-state index in [1.807, 2.05) is 7.11 Å². The zero-order valence-electron chi connectivity index (χ0n) is 10.4. The normalized spacial score (nSPS) is 22.6. The Bertz CT molecular complexity index is 155. The van der Waals surface area contributed by atoms with Crippen molar-refractivity contribution in [2.24, 2.45) is 11.7 Å². The van der Waals surface area contributed by atoms with Crippen molar-refractivity contribution in [3.8, 4) is 0 Å². The number of nitrogens with two attached hydrogens (primary N) is 1. The first-order chi connectivity index (χ1) is 7.29. The molecule has 15 heavy (non-hydrogen) atoms. The van der Waals surface area contributed by atoms with Crippen molar-refractivity contribution in [1.82, 2.24) is 0 Å². The largest absolute Gasteiger partial charge is 0.380 e. The second-order valence-electron chi connectivity index (χ2n) is 4.90. The lowest BCUT2D eigenvalue weighted by atomic mass is 9.82. The molecule has 0 radical (unpaired) electrons. The van der Waals surface area contributed by atoms with Gasteiger partial charge in [-0.1, -0.05) is 39.0 Å². The van der Waals surface area contributed by atoms with Crippen LogP contribution in [0.5, 0.6) is 0 Å². The van der Waals surface area contributed by atoms with E-state index in [2.05, 4.69) is 6.92 Å². The maximum Gasteiger partial charge on any atom is 0.0750 e. The molecular formula is C13H27NO. The second kappa shape index (κ2) is 7.24. The molecule has 2 atom stereocenters. The molecule has 0 aromatic carbocycles. The maximum absolute atomic E-state index is 6.22. The van der Waals surface area contributed by atoms with Crippen molar-refractivity contribution < 1.29 is 4.74 Å². The number of unbranched alkanes of at least 4 members (excludes halogenated alkanes) is 1. The van der Waals surface area contributed by atoms with Crippen LogP contribution in [0.3, 0.4) is 0 Å². The Hall–Kier alpha value is -0.0800. The van der Waals surface area contributed by atoms with Gasteiger partial charge in [0, 0.05) is 13.2 Å². The monoisotopic (exact) mass is 213 g/mol. The Labute approximate surface area is 94.6 Å². The second-order valence-corrected chi connectivity index (χ2v) is 4.90. The highest BCUT2D eigenvalue weighted by Crippen LogP contribution is 2.29. The summed E-state index contributed by atoms with van der Waals surface area (Å²) in [6.45, 7) is 2.22. The zero-order valence-corrected chi connectivity index (χ0v) is 10.4. The summed E-state index contributed by atoms with van der Waals surface area (Å²) in [7, 11) is 1.82. The Morgan fingerprint density at radius 2 is 1.93 bits per heavy atom. The van der Waals surface area contributed by atoms with Crippen LogP contribution < -0.4 is 5.73 Å². The van der Waals surface area contributed by atoms with E-state index in [0.717, 1.165) is 12.3 Å². The van der Waals surface area contributed by atoms with Crippen LogP contribution in [0.4, 0.5) is 0 Å². The predicted octanol–water partition coefficient (Wildman–Crippen LogP) is 3.10. The van der Waals surface area contributed by atoms with Crippen molar-refractivity contribution in [2.45, 2.75) is 70.4 Å². The molecule has 0 heterocycles. The summed E-state index contributed by atoms with van der Waals surface area (Å²) in [5.74, 6) is 0.718. The van der Waals surface area contributed by atoms with Gasteiger partial charge in [-0.25, -0.2) is 0 Å². The van der Waals surface area contributed by atoms with Crippen LogP contribution in [-0.4, -0.2) is 19.3 Å². The number of methoxy groups -OCH3 is 1. The molecule has 1 aliphatic carbocycles. The summed E-state index contributed by atoms with van der Waals surface area (Å²) in [6.07, 6.45) is 10.6. The zero-order chi connectivity index (χ0) is 11.1. The van der Waals surface area contributed by atoms with Crippen LogP contribution in [0.25, 0.3) is 0 Å². The van der Waals surface area contributed by atoms with Gasteiger partial charge in [-0.15, -0.1) is 0 Å². The number of hydrogen-bond donors (Lipinski definition) is 1. The minimum absolute atomic E-state index is 0.248. The van der Waals surface area contributed by atoms with E-state index < -0.39 is 0 Å². The Balaban J connectivity index is 2.37. The number of hydrogen-bond acceptors (Lipinski definition) is 2. The van der Waals surface area contributed by atoms with Crippen molar-refractivity contribution in [3.05, 3.63) is 0 Å². The van der Waals surface area contributed by atoms with E-state index in [4.69, 9.17) is 10.5 Å². The van der Waals surface area contributed by atoms with Crippen LogP contribution in [0.15, 0.2) is 0 Å². The Kier molecular flexibility index (Phi) is 6.26. The fraction of sp³-hybridized carbons (Fsp3) is 1.00. The molecule has 0 aliphatic heterocycles. The fourth-order valence-corrected chi connectivity index (χ4v) is 2.78. The molecule has 2 N–H and O–H groups in total. The van der Waals surface area contributed by atoms with Crippen molar-refractivity contribution in [1.29, 1.82) is 0 Å². The summed E-state index contributed by atoms with van der Waals surface area (Å²) in [5.41, 5.74) is 6.22. The third kappa shape index (κ3) is 4.12. The molecule has 0 saturated heterocycles. The SMILES string of the molecule is CCCCC(N)C(OC)C1CCCCC1. The molecule has 2 unspecified atom stereocenters. The van der Waals surface area contributed by atoms with Gasteiger partial charge < -0.3 is 10.5 Å². The van der Waals surface area contributed by atoms with Gasteiger partial charge in [0.1, 0.15) is 0 Å². The highest BCUT2D eigenvalue weighted by molar-refractivity contribution is 4.82. The molecule has 90 valence electrons. The van der Waals surface area contributed by atoms with E-state index in [1.54, 1.807) is 0 Å². The standard InChI is InChI=1S/C13H27NO/c1-3-4-10-12(14)13(15-2)11-8-6-5-7-9-11/h11-13H,3-10,14H2,1-2H3. The summed E-state index contributed by atoms with van der Waals surface area (Å²) < 4.78 is 5.62. The van der Waals surface area contributed by atoms with Gasteiger partial charge in [0.05, 0.1) is 6.10 Å². The third-order valence-corrected chi connectivity index (χ3v) is 3.70. The van der Waals surface area contributed by atoms with Crippen LogP contribution in [0.2, 0.25) is 0 Å². The van der Waals surface area contributed by atoms with Crippen LogP contribution in [0, 0.1) is 5.92 Å². The topological polar surface area (TPSA) is 35.2 Å². The van der Waals surface area contributed by atoms with Crippen molar-refractivity contribution in [2.75, 3.05) is 7.11 Å². The summed E-state index contributed by atoms with van der Waals surface area (Å²) in [6, 6.07) is 0.248. The maximum atomic E-state index is 6.22. The summed E-state index contributed by atoms with van der Waals surface area (Å²) >= 11 is 0. The first-order valence-corrected chi connectivity index (χ1v) is 6.58. The Morgan fingerprint density at radius 3 is 2.47 bits per heavy atom. The molecule has 0 spiro atoms. The van der Waals surface area contributed by atoms with Crippen LogP contribution in [0.1, 0.15) is 58.3 Å². The lowest BCUT2D eigenvalue weighted by Crippen LogP contribution is -2.42. The van der Waals surface area contributed by atoms with Gasteiger partial charge in [0.15, 0.2) is 0 Å². The average Bonchev–Trinajstić information content (AvgIpc) is 2.29. The van der Waals surface area contributed by atoms with Gasteiger partial charge in [0.2, 0.25) is 0 Å². The molecule has 0 bridgehead atoms. The average molecular weight is 213 g/mol. The summed E-state index contributed by atoms with van der Waals surface area (Å²) in [5, 5.41) is 0. The molecule has 0 aromatic rings. The molecule has 1 saturated carbocycles. The third-order valence-electron chi connectivity index (χ3n) is 3.70. The minimum Gasteiger partial charge on any atom is -0.380 e. The summed E-state index contributed by atoms with van der Waals surface area (Å²) in [4.78, 5) is 0. The van der Waals surface area contributed by atoms with Gasteiger partial charge in [0.25, 0.3) is 0 Å². The van der Waals surface area contributed by atoms with Gasteiger partial charge in [-0.05, 0) is 25.2 Å². The quantitative estimate of drug-likeness (QED) is 0.736. The van der Waals surface area contributed by atoms with Gasteiger partial charge >= 0.3 is 0 Å². The van der Waals surface area contributed by atoms with E-state index in [-0.39, 0.29) is 6.04 Å². The molecular weight excluding hydrogens is 186 g/mol. The fourth-order valence-electron chi connectivity index (χ4n) is 2.78. The molecule has 1 aliphatic rings. The van der Waals surface area contributed by atoms with E-state index >= 15 is 0 Å². The Morgan fingerprint density at radius 1 is 1.27 bits per heavy atom. The van der Waals surface area contributed by atoms with Crippen molar-refractivity contribution >= 4 is 0 Å². The predicted molar refractivity (Wildman–Crippen MR) is 64.9 cm³/mol. The smallest absolute Gasteiger partial charge is 0.0750 e. The molecule has 1 rings (SSSR count). The van der Waals surface area contributed by atoms with E-state index in [1.165, 1.54) is 44.9 Å². The molecule has 2 heteroatoms. The lowest BCUT2D eigenvalue weighted by Gasteiger charge is -2.33. The first kappa shape index (κ1) is 13.0. The molecule has 0 aromatic heterocycles.